The Kier molecular flexibility index (Phi) is 4.37. The lowest BCUT2D eigenvalue weighted by atomic mass is 9.86. The summed E-state index contributed by atoms with van der Waals surface area (Å²) in [4.78, 5) is 15.6. The highest BCUT2D eigenvalue weighted by Crippen LogP contribution is 2.37. The molecule has 0 atom stereocenters. The van der Waals surface area contributed by atoms with E-state index in [4.69, 9.17) is 5.73 Å². The maximum Gasteiger partial charge on any atom is 0.269 e. The molecule has 1 amide bonds. The Balaban J connectivity index is 2.01. The zero-order valence-electron chi connectivity index (χ0n) is 11.4. The molecule has 1 aliphatic rings. The lowest BCUT2D eigenvalue weighted by molar-refractivity contribution is 0.0958. The first-order chi connectivity index (χ1) is 9.19. The maximum absolute atomic E-state index is 11.5. The number of hydrogen-bond acceptors (Lipinski definition) is 4. The van der Waals surface area contributed by atoms with Gasteiger partial charge < -0.3 is 16.4 Å². The van der Waals surface area contributed by atoms with Gasteiger partial charge in [0.1, 0.15) is 5.69 Å². The van der Waals surface area contributed by atoms with Crippen molar-refractivity contribution in [3.8, 4) is 0 Å². The Labute approximate surface area is 114 Å². The summed E-state index contributed by atoms with van der Waals surface area (Å²) in [5.41, 5.74) is 7.49. The lowest BCUT2D eigenvalue weighted by Gasteiger charge is -2.27. The van der Waals surface area contributed by atoms with Gasteiger partial charge in [-0.15, -0.1) is 0 Å². The highest BCUT2D eigenvalue weighted by Gasteiger charge is 2.32. The quantitative estimate of drug-likeness (QED) is 0.749. The monoisotopic (exact) mass is 262 g/mol. The van der Waals surface area contributed by atoms with Gasteiger partial charge in [-0.1, -0.05) is 12.8 Å². The number of carbonyl (C=O) groups excluding carboxylic acids is 1. The van der Waals surface area contributed by atoms with Gasteiger partial charge in [-0.3, -0.25) is 9.78 Å². The van der Waals surface area contributed by atoms with E-state index in [0.29, 0.717) is 12.2 Å². The fourth-order valence-electron chi connectivity index (χ4n) is 2.66. The molecule has 0 bridgehead atoms. The molecule has 1 aromatic rings. The van der Waals surface area contributed by atoms with E-state index in [9.17, 15) is 4.79 Å². The Morgan fingerprint density at radius 1 is 1.47 bits per heavy atom. The first-order valence-electron chi connectivity index (χ1n) is 6.81. The van der Waals surface area contributed by atoms with Crippen LogP contribution >= 0.6 is 0 Å². The minimum atomic E-state index is -0.168. The topological polar surface area (TPSA) is 80.0 Å². The van der Waals surface area contributed by atoms with Crippen LogP contribution in [0.4, 0.5) is 5.69 Å². The van der Waals surface area contributed by atoms with E-state index in [2.05, 4.69) is 15.6 Å². The molecule has 0 aromatic carbocycles. The van der Waals surface area contributed by atoms with E-state index < -0.39 is 0 Å². The van der Waals surface area contributed by atoms with Gasteiger partial charge in [0.2, 0.25) is 0 Å². The van der Waals surface area contributed by atoms with Crippen molar-refractivity contribution in [1.82, 2.24) is 10.3 Å². The van der Waals surface area contributed by atoms with Gasteiger partial charge in [-0.25, -0.2) is 0 Å². The van der Waals surface area contributed by atoms with Crippen molar-refractivity contribution in [2.45, 2.75) is 25.7 Å². The molecule has 1 aromatic heterocycles. The minimum absolute atomic E-state index is 0.168. The average Bonchev–Trinajstić information content (AvgIpc) is 2.94. The Hall–Kier alpha value is -1.62. The average molecular weight is 262 g/mol. The van der Waals surface area contributed by atoms with Crippen molar-refractivity contribution < 1.29 is 4.79 Å². The van der Waals surface area contributed by atoms with Gasteiger partial charge in [0.25, 0.3) is 5.91 Å². The molecule has 104 valence electrons. The molecule has 0 radical (unpaired) electrons. The summed E-state index contributed by atoms with van der Waals surface area (Å²) in [5.74, 6) is -0.168. The standard InChI is InChI=1S/C14H22N4O/c1-16-13(19)12-8-11(4-7-17-12)18-10-14(9-15)5-2-3-6-14/h4,7-8H,2-3,5-6,9-10,15H2,1H3,(H,16,19)(H,17,18). The molecule has 1 aliphatic carbocycles. The van der Waals surface area contributed by atoms with Gasteiger partial charge in [0, 0.05) is 25.5 Å². The second-order valence-electron chi connectivity index (χ2n) is 5.27. The van der Waals surface area contributed by atoms with Crippen LogP contribution in [-0.2, 0) is 0 Å². The number of rotatable bonds is 5. The molecule has 4 N–H and O–H groups in total. The van der Waals surface area contributed by atoms with Gasteiger partial charge in [-0.05, 0) is 36.9 Å². The van der Waals surface area contributed by atoms with Gasteiger partial charge in [-0.2, -0.15) is 0 Å². The fourth-order valence-corrected chi connectivity index (χ4v) is 2.66. The van der Waals surface area contributed by atoms with Crippen molar-refractivity contribution in [3.05, 3.63) is 24.0 Å². The molecule has 0 aliphatic heterocycles. The number of nitrogens with zero attached hydrogens (tertiary/aromatic N) is 1. The van der Waals surface area contributed by atoms with E-state index in [0.717, 1.165) is 12.2 Å². The molecule has 5 heteroatoms. The molecule has 19 heavy (non-hydrogen) atoms. The first kappa shape index (κ1) is 13.8. The van der Waals surface area contributed by atoms with Crippen LogP contribution in [0.3, 0.4) is 0 Å². The number of amides is 1. The third-order valence-electron chi connectivity index (χ3n) is 3.98. The summed E-state index contributed by atoms with van der Waals surface area (Å²) in [6.07, 6.45) is 6.54. The van der Waals surface area contributed by atoms with Crippen molar-refractivity contribution in [1.29, 1.82) is 0 Å². The van der Waals surface area contributed by atoms with E-state index in [-0.39, 0.29) is 11.3 Å². The third-order valence-corrected chi connectivity index (χ3v) is 3.98. The molecular formula is C14H22N4O. The van der Waals surface area contributed by atoms with Crippen LogP contribution in [0.15, 0.2) is 18.3 Å². The van der Waals surface area contributed by atoms with Gasteiger partial charge in [0.15, 0.2) is 0 Å². The summed E-state index contributed by atoms with van der Waals surface area (Å²) < 4.78 is 0. The molecule has 0 unspecified atom stereocenters. The zero-order chi connectivity index (χ0) is 13.7. The number of pyridine rings is 1. The maximum atomic E-state index is 11.5. The number of carbonyl (C=O) groups is 1. The lowest BCUT2D eigenvalue weighted by Crippen LogP contribution is -2.34. The number of anilines is 1. The fraction of sp³-hybridized carbons (Fsp3) is 0.571. The number of aromatic nitrogens is 1. The molecule has 0 spiro atoms. The van der Waals surface area contributed by atoms with E-state index in [1.807, 2.05) is 6.07 Å². The van der Waals surface area contributed by atoms with E-state index in [1.54, 1.807) is 19.3 Å². The summed E-state index contributed by atoms with van der Waals surface area (Å²) in [5, 5.41) is 5.97. The van der Waals surface area contributed by atoms with Crippen molar-refractivity contribution in [2.24, 2.45) is 11.1 Å². The van der Waals surface area contributed by atoms with Gasteiger partial charge >= 0.3 is 0 Å². The Bertz CT molecular complexity index is 441. The second kappa shape index (κ2) is 6.02. The molecule has 1 heterocycles. The third kappa shape index (κ3) is 3.23. The van der Waals surface area contributed by atoms with E-state index in [1.165, 1.54) is 25.7 Å². The molecule has 0 saturated heterocycles. The number of nitrogens with one attached hydrogen (secondary N) is 2. The van der Waals surface area contributed by atoms with E-state index >= 15 is 0 Å². The highest BCUT2D eigenvalue weighted by atomic mass is 16.1. The molecule has 1 fully saturated rings. The highest BCUT2D eigenvalue weighted by molar-refractivity contribution is 5.92. The van der Waals surface area contributed by atoms with Crippen LogP contribution in [0, 0.1) is 5.41 Å². The van der Waals surface area contributed by atoms with Gasteiger partial charge in [0.05, 0.1) is 0 Å². The van der Waals surface area contributed by atoms with Crippen LogP contribution in [0.2, 0.25) is 0 Å². The largest absolute Gasteiger partial charge is 0.384 e. The van der Waals surface area contributed by atoms with Crippen LogP contribution in [0.1, 0.15) is 36.2 Å². The summed E-state index contributed by atoms with van der Waals surface area (Å²) in [6, 6.07) is 3.66. The van der Waals surface area contributed by atoms with Crippen LogP contribution in [-0.4, -0.2) is 31.0 Å². The molecule has 1 saturated carbocycles. The van der Waals surface area contributed by atoms with Crippen molar-refractivity contribution in [2.75, 3.05) is 25.5 Å². The van der Waals surface area contributed by atoms with Crippen molar-refractivity contribution in [3.63, 3.8) is 0 Å². The zero-order valence-corrected chi connectivity index (χ0v) is 11.4. The Morgan fingerprint density at radius 2 is 2.21 bits per heavy atom. The van der Waals surface area contributed by atoms with Crippen molar-refractivity contribution >= 4 is 11.6 Å². The molecule has 5 nitrogen and oxygen atoms in total. The summed E-state index contributed by atoms with van der Waals surface area (Å²) in [7, 11) is 1.60. The van der Waals surface area contributed by atoms with Crippen LogP contribution < -0.4 is 16.4 Å². The minimum Gasteiger partial charge on any atom is -0.384 e. The molecular weight excluding hydrogens is 240 g/mol. The SMILES string of the molecule is CNC(=O)c1cc(NCC2(CN)CCCC2)ccn1. The Morgan fingerprint density at radius 3 is 2.84 bits per heavy atom. The second-order valence-corrected chi connectivity index (χ2v) is 5.27. The van der Waals surface area contributed by atoms with Crippen LogP contribution in [0.5, 0.6) is 0 Å². The normalized spacial score (nSPS) is 17.2. The van der Waals surface area contributed by atoms with Crippen LogP contribution in [0.25, 0.3) is 0 Å². The predicted octanol–water partition coefficient (Wildman–Crippen LogP) is 1.37. The smallest absolute Gasteiger partial charge is 0.269 e. The summed E-state index contributed by atoms with van der Waals surface area (Å²) in [6.45, 7) is 1.58. The molecule has 2 rings (SSSR count). The first-order valence-corrected chi connectivity index (χ1v) is 6.81. The number of hydrogen-bond donors (Lipinski definition) is 3. The predicted molar refractivity (Wildman–Crippen MR) is 76.1 cm³/mol. The summed E-state index contributed by atoms with van der Waals surface area (Å²) >= 11 is 0. The number of nitrogens with two attached hydrogens (primary N) is 1.